The second-order valence-corrected chi connectivity index (χ2v) is 8.45. The molecule has 2 aromatic rings. The lowest BCUT2D eigenvalue weighted by molar-refractivity contribution is 0.485. The van der Waals surface area contributed by atoms with Crippen molar-refractivity contribution in [1.82, 2.24) is 9.97 Å². The van der Waals surface area contributed by atoms with Crippen molar-refractivity contribution in [2.24, 2.45) is 11.5 Å². The van der Waals surface area contributed by atoms with Crippen LogP contribution >= 0.6 is 47.5 Å². The van der Waals surface area contributed by atoms with E-state index in [1.54, 1.807) is 22.7 Å². The Kier molecular flexibility index (Phi) is 8.22. The zero-order chi connectivity index (χ0) is 15.0. The standard InChI is InChI=1S/C14H24N4S2.2ClH/c1-13(2,5-7-15)11-17-9-10(19-11)18-12(20-9)14(3,4)6-8-16;;/h5-8,15-16H2,1-4H3;2*1H. The molecule has 0 aliphatic carbocycles. The lowest BCUT2D eigenvalue weighted by atomic mass is 9.90. The Morgan fingerprint density at radius 3 is 1.36 bits per heavy atom. The second kappa shape index (κ2) is 8.22. The number of hydrogen-bond acceptors (Lipinski definition) is 6. The molecule has 4 nitrogen and oxygen atoms in total. The van der Waals surface area contributed by atoms with Crippen molar-refractivity contribution in [3.63, 3.8) is 0 Å². The van der Waals surface area contributed by atoms with E-state index in [0.717, 1.165) is 32.5 Å². The molecule has 0 amide bonds. The monoisotopic (exact) mass is 384 g/mol. The van der Waals surface area contributed by atoms with Crippen molar-refractivity contribution < 1.29 is 0 Å². The topological polar surface area (TPSA) is 77.8 Å². The van der Waals surface area contributed by atoms with E-state index in [-0.39, 0.29) is 35.6 Å². The van der Waals surface area contributed by atoms with Crippen LogP contribution in [0.15, 0.2) is 0 Å². The number of hydrogen-bond donors (Lipinski definition) is 2. The van der Waals surface area contributed by atoms with Gasteiger partial charge in [-0.2, -0.15) is 0 Å². The van der Waals surface area contributed by atoms with Crippen LogP contribution in [0.3, 0.4) is 0 Å². The van der Waals surface area contributed by atoms with Gasteiger partial charge in [0.2, 0.25) is 0 Å². The predicted octanol–water partition coefficient (Wildman–Crippen LogP) is 3.85. The maximum atomic E-state index is 5.69. The Morgan fingerprint density at radius 2 is 1.09 bits per heavy atom. The van der Waals surface area contributed by atoms with Crippen molar-refractivity contribution in [3.05, 3.63) is 10.0 Å². The quantitative estimate of drug-likeness (QED) is 0.792. The summed E-state index contributed by atoms with van der Waals surface area (Å²) in [6.45, 7) is 10.1. The fourth-order valence-electron chi connectivity index (χ4n) is 2.16. The Morgan fingerprint density at radius 1 is 0.773 bits per heavy atom. The van der Waals surface area contributed by atoms with Gasteiger partial charge in [0, 0.05) is 10.8 Å². The normalized spacial score (nSPS) is 12.1. The molecule has 0 aliphatic rings. The zero-order valence-corrected chi connectivity index (χ0v) is 16.8. The van der Waals surface area contributed by atoms with Gasteiger partial charge in [-0.25, -0.2) is 9.97 Å². The highest BCUT2D eigenvalue weighted by atomic mass is 35.5. The average Bonchev–Trinajstić information content (AvgIpc) is 2.86. The number of aromatic nitrogens is 2. The van der Waals surface area contributed by atoms with Gasteiger partial charge in [0.05, 0.1) is 0 Å². The zero-order valence-electron chi connectivity index (χ0n) is 13.5. The van der Waals surface area contributed by atoms with Crippen molar-refractivity contribution in [2.45, 2.75) is 51.4 Å². The third-order valence-electron chi connectivity index (χ3n) is 3.67. The van der Waals surface area contributed by atoms with Crippen LogP contribution in [-0.2, 0) is 10.8 Å². The molecule has 2 heterocycles. The lowest BCUT2D eigenvalue weighted by Crippen LogP contribution is -2.21. The van der Waals surface area contributed by atoms with Crippen LogP contribution in [0.25, 0.3) is 9.66 Å². The molecule has 0 unspecified atom stereocenters. The van der Waals surface area contributed by atoms with Crippen LogP contribution < -0.4 is 11.5 Å². The fourth-order valence-corrected chi connectivity index (χ4v) is 4.46. The van der Waals surface area contributed by atoms with Gasteiger partial charge in [-0.3, -0.25) is 0 Å². The highest BCUT2D eigenvalue weighted by molar-refractivity contribution is 7.26. The molecule has 0 bridgehead atoms. The van der Waals surface area contributed by atoms with E-state index in [1.807, 2.05) is 0 Å². The summed E-state index contributed by atoms with van der Waals surface area (Å²) in [5, 5.41) is 2.28. The first-order valence-electron chi connectivity index (χ1n) is 6.98. The van der Waals surface area contributed by atoms with Crippen LogP contribution in [0.2, 0.25) is 0 Å². The molecule has 0 radical (unpaired) electrons. The second-order valence-electron chi connectivity index (χ2n) is 6.49. The first-order chi connectivity index (χ1) is 9.30. The van der Waals surface area contributed by atoms with Gasteiger partial charge >= 0.3 is 0 Å². The summed E-state index contributed by atoms with van der Waals surface area (Å²) >= 11 is 3.40. The Balaban J connectivity index is 0.00000220. The lowest BCUT2D eigenvalue weighted by Gasteiger charge is -2.21. The molecule has 0 aliphatic heterocycles. The minimum Gasteiger partial charge on any atom is -0.330 e. The molecule has 8 heteroatoms. The molecular formula is C14H26Cl2N4S2. The first kappa shape index (κ1) is 22.0. The number of thiazole rings is 2. The molecule has 0 atom stereocenters. The predicted molar refractivity (Wildman–Crippen MR) is 103 cm³/mol. The van der Waals surface area contributed by atoms with Crippen LogP contribution in [0, 0.1) is 0 Å². The highest BCUT2D eigenvalue weighted by Crippen LogP contribution is 2.39. The average molecular weight is 385 g/mol. The smallest absolute Gasteiger partial charge is 0.155 e. The largest absolute Gasteiger partial charge is 0.330 e. The van der Waals surface area contributed by atoms with Gasteiger partial charge < -0.3 is 11.5 Å². The molecule has 0 fully saturated rings. The van der Waals surface area contributed by atoms with Crippen molar-refractivity contribution in [1.29, 1.82) is 0 Å². The molecule has 0 aromatic carbocycles. The Bertz CT molecular complexity index is 514. The summed E-state index contributed by atoms with van der Waals surface area (Å²) in [5.41, 5.74) is 11.4. The number of nitrogens with zero attached hydrogens (tertiary/aromatic N) is 2. The van der Waals surface area contributed by atoms with Crippen LogP contribution in [0.4, 0.5) is 0 Å². The minimum absolute atomic E-state index is 0. The van der Waals surface area contributed by atoms with E-state index in [0.29, 0.717) is 13.1 Å². The van der Waals surface area contributed by atoms with E-state index in [9.17, 15) is 0 Å². The Hall–Kier alpha value is 0.0200. The molecular weight excluding hydrogens is 359 g/mol. The van der Waals surface area contributed by atoms with Gasteiger partial charge in [-0.05, 0) is 25.9 Å². The third-order valence-corrected chi connectivity index (χ3v) is 6.43. The number of nitrogens with two attached hydrogens (primary N) is 2. The number of fused-ring (bicyclic) bond motifs is 1. The van der Waals surface area contributed by atoms with E-state index >= 15 is 0 Å². The molecule has 2 aromatic heterocycles. The SMILES string of the molecule is CC(C)(CCN)c1nc2sc(C(C)(C)CCN)nc2s1.Cl.Cl. The van der Waals surface area contributed by atoms with E-state index in [2.05, 4.69) is 27.7 Å². The van der Waals surface area contributed by atoms with Crippen molar-refractivity contribution in [2.75, 3.05) is 13.1 Å². The summed E-state index contributed by atoms with van der Waals surface area (Å²) in [6.07, 6.45) is 1.89. The Labute approximate surface area is 152 Å². The molecule has 22 heavy (non-hydrogen) atoms. The minimum atomic E-state index is 0. The van der Waals surface area contributed by atoms with Crippen molar-refractivity contribution >= 4 is 57.1 Å². The summed E-state index contributed by atoms with van der Waals surface area (Å²) in [5.74, 6) is 0. The van der Waals surface area contributed by atoms with Crippen LogP contribution in [-0.4, -0.2) is 23.1 Å². The van der Waals surface area contributed by atoms with Crippen LogP contribution in [0.1, 0.15) is 50.6 Å². The fraction of sp³-hybridized carbons (Fsp3) is 0.714. The van der Waals surface area contributed by atoms with Gasteiger partial charge in [0.25, 0.3) is 0 Å². The highest BCUT2D eigenvalue weighted by Gasteiger charge is 2.28. The molecule has 0 saturated heterocycles. The van der Waals surface area contributed by atoms with Gasteiger partial charge in [0.1, 0.15) is 10.0 Å². The van der Waals surface area contributed by atoms with Gasteiger partial charge in [-0.1, -0.05) is 50.4 Å². The molecule has 2 rings (SSSR count). The molecule has 0 saturated carbocycles. The van der Waals surface area contributed by atoms with Crippen LogP contribution in [0.5, 0.6) is 0 Å². The van der Waals surface area contributed by atoms with E-state index in [1.165, 1.54) is 0 Å². The maximum absolute atomic E-state index is 5.69. The summed E-state index contributed by atoms with van der Waals surface area (Å²) < 4.78 is 0. The summed E-state index contributed by atoms with van der Waals surface area (Å²) in [7, 11) is 0. The van der Waals surface area contributed by atoms with Gasteiger partial charge in [-0.15, -0.1) is 24.8 Å². The molecule has 128 valence electrons. The molecule has 4 N–H and O–H groups in total. The first-order valence-corrected chi connectivity index (χ1v) is 8.62. The number of halogens is 2. The summed E-state index contributed by atoms with van der Waals surface area (Å²) in [6, 6.07) is 0. The van der Waals surface area contributed by atoms with E-state index in [4.69, 9.17) is 21.4 Å². The summed E-state index contributed by atoms with van der Waals surface area (Å²) in [4.78, 5) is 11.7. The van der Waals surface area contributed by atoms with Gasteiger partial charge in [0.15, 0.2) is 9.66 Å². The third kappa shape index (κ3) is 4.52. The maximum Gasteiger partial charge on any atom is 0.155 e. The van der Waals surface area contributed by atoms with Crippen molar-refractivity contribution in [3.8, 4) is 0 Å². The van der Waals surface area contributed by atoms with E-state index < -0.39 is 0 Å². The number of rotatable bonds is 6. The molecule has 0 spiro atoms.